The number of hydrogen-bond donors (Lipinski definition) is 7. The van der Waals surface area contributed by atoms with Crippen LogP contribution in [0.25, 0.3) is 0 Å². The maximum atomic E-state index is 13.9. The fourth-order valence-corrected chi connectivity index (χ4v) is 9.57. The number of hydrogen-bond acceptors (Lipinski definition) is 14. The van der Waals surface area contributed by atoms with Crippen LogP contribution in [0.5, 0.6) is 0 Å². The van der Waals surface area contributed by atoms with E-state index in [9.17, 15) is 35.9 Å². The summed E-state index contributed by atoms with van der Waals surface area (Å²) in [6.07, 6.45) is 0.177. The van der Waals surface area contributed by atoms with Gasteiger partial charge in [-0.15, -0.1) is 5.34 Å². The number of anilines is 4. The molecule has 6 aromatic carbocycles. The van der Waals surface area contributed by atoms with Crippen molar-refractivity contribution in [2.24, 2.45) is 5.34 Å². The molecule has 1 aliphatic heterocycles. The summed E-state index contributed by atoms with van der Waals surface area (Å²) in [6.45, 7) is 37.9. The number of epoxide rings is 1. The molecule has 1 saturated heterocycles. The predicted octanol–water partition coefficient (Wildman–Crippen LogP) is 19.8. The van der Waals surface area contributed by atoms with Crippen LogP contribution < -0.4 is 51.7 Å². The van der Waals surface area contributed by atoms with Crippen LogP contribution >= 0.6 is 101 Å². The Balaban J connectivity index is -0.00000112. The Morgan fingerprint density at radius 3 is 1.24 bits per heavy atom. The second kappa shape index (κ2) is 49.4. The molecule has 6 aromatic rings. The number of carbonyl (C=O) groups is 2. The number of nitrogen functional groups attached to an aromatic ring is 2. The average molecular weight is 1740 g/mol. The molecular weight excluding hydrogens is 1640 g/mol. The zero-order valence-electron chi connectivity index (χ0n) is 60.7. The Morgan fingerprint density at radius 2 is 0.863 bits per heavy atom. The second-order valence-corrected chi connectivity index (χ2v) is 41.8. The van der Waals surface area contributed by atoms with Crippen LogP contribution in [-0.4, -0.2) is 94.7 Å². The van der Waals surface area contributed by atoms with Crippen LogP contribution in [0, 0.1) is 45.0 Å². The van der Waals surface area contributed by atoms with E-state index in [-0.39, 0.29) is 114 Å². The summed E-state index contributed by atoms with van der Waals surface area (Å²) in [4.78, 5) is 31.0. The number of nitrogens with two attached hydrogens (primary N) is 2. The van der Waals surface area contributed by atoms with E-state index in [4.69, 9.17) is 120 Å². The van der Waals surface area contributed by atoms with Gasteiger partial charge in [0, 0.05) is 34.5 Å². The second-order valence-electron chi connectivity index (χ2n) is 27.0. The molecule has 9 N–H and O–H groups in total. The number of carbonyl (C=O) groups excluding carboxylic acids is 2. The largest absolute Gasteiger partial charge is 1.00 e. The standard InChI is InChI=1S/C14H21BrClFOSi.C13H17ClFNO3.C11H13ClFNO2.C8H7BrClFO.C8H9ClFNO.C7H18Si.C6H5ClFN.C2H4O.HNO2.Na/c1-14(2,3)19(4,5)18-9-8-10-6-7-11(16)13(17)12(10)15;1-13(2,3)19-12(18)16-11-8(6-7-17)4-5-9(14)10(11)15;1-11(2,3)16-10(15)14-8-6-4-5-7(12)9(8)13;9-7-5(3-4-12)1-2-6(10)8(7)11;9-6-2-1-5(3-4-12)8(11)7(6)10;1-7(2,3)8(4,5)6;7-4-2-1-3-5(9)6(4)8;1-2-3-1;2-1-3;/h6-7H,8-9H2,1-5H3;4-5,17H,6-7H2,1-3H3,(H,16,18);4-6H,1-3H3,(H,14,15);1-2,12H,3-4H2;1-2,12H,3-4,11H2;1-6H3;1-3H,9H2;1-2H2;(H,2,3);/q;;;;;;;;;+1/p-1. The van der Waals surface area contributed by atoms with Crippen molar-refractivity contribution in [3.63, 3.8) is 0 Å². The first-order valence-corrected chi connectivity index (χ1v) is 41.1. The third-order valence-corrected chi connectivity index (χ3v) is 26.6. The van der Waals surface area contributed by atoms with E-state index in [0.29, 0.717) is 51.0 Å². The maximum Gasteiger partial charge on any atom is 1.00 e. The van der Waals surface area contributed by atoms with E-state index < -0.39 is 74.7 Å². The van der Waals surface area contributed by atoms with Crippen LogP contribution in [0.3, 0.4) is 0 Å². The number of nitrogens with one attached hydrogen (secondary N) is 2. The monoisotopic (exact) mass is 1730 g/mol. The van der Waals surface area contributed by atoms with Crippen LogP contribution in [0.2, 0.25) is 72.9 Å². The first-order chi connectivity index (χ1) is 46.3. The Hall–Kier alpha value is -3.63. The van der Waals surface area contributed by atoms with Crippen molar-refractivity contribution >= 4 is 153 Å². The summed E-state index contributed by atoms with van der Waals surface area (Å²) in [5, 5.41) is 40.7. The number of ether oxygens (including phenoxy) is 3. The summed E-state index contributed by atoms with van der Waals surface area (Å²) in [5.41, 5.74) is 12.0. The third kappa shape index (κ3) is 41.5. The van der Waals surface area contributed by atoms with Gasteiger partial charge >= 0.3 is 41.7 Å². The van der Waals surface area contributed by atoms with Gasteiger partial charge in [-0.1, -0.05) is 167 Å². The van der Waals surface area contributed by atoms with Gasteiger partial charge in [0.1, 0.15) is 11.2 Å². The Labute approximate surface area is 667 Å². The molecule has 0 aliphatic carbocycles. The van der Waals surface area contributed by atoms with Gasteiger partial charge in [-0.05, 0) is 193 Å². The summed E-state index contributed by atoms with van der Waals surface area (Å²) < 4.78 is 101. The minimum Gasteiger partial charge on any atom is -0.444 e. The molecule has 0 atom stereocenters. The summed E-state index contributed by atoms with van der Waals surface area (Å²) in [5.74, 6) is -3.43. The van der Waals surface area contributed by atoms with Gasteiger partial charge in [-0.3, -0.25) is 10.6 Å². The van der Waals surface area contributed by atoms with Gasteiger partial charge in [0.25, 0.3) is 0 Å². The van der Waals surface area contributed by atoms with Crippen LogP contribution in [0.1, 0.15) is 105 Å². The van der Waals surface area contributed by atoms with Crippen molar-refractivity contribution in [1.29, 1.82) is 0 Å². The molecule has 0 radical (unpaired) electrons. The Kier molecular flexibility index (Phi) is 49.6. The molecule has 0 bridgehead atoms. The minimum atomic E-state index is -1.74. The van der Waals surface area contributed by atoms with Gasteiger partial charge in [0.2, 0.25) is 0 Å². The van der Waals surface area contributed by atoms with E-state index >= 15 is 0 Å². The average Bonchev–Trinajstić information content (AvgIpc) is 0.926. The van der Waals surface area contributed by atoms with Crippen molar-refractivity contribution in [3.8, 4) is 0 Å². The number of halogens is 14. The number of aliphatic hydroxyl groups is 3. The first kappa shape index (κ1) is 103. The summed E-state index contributed by atoms with van der Waals surface area (Å²) >= 11 is 39.6. The number of nitrogens with zero attached hydrogens (tertiary/aromatic N) is 1. The molecule has 33 heteroatoms. The first-order valence-electron chi connectivity index (χ1n) is 30.9. The Bertz CT molecular complexity index is 3460. The Morgan fingerprint density at radius 1 is 0.529 bits per heavy atom. The fraction of sp³-hybridized carbons (Fsp3) is 0.449. The van der Waals surface area contributed by atoms with Crippen molar-refractivity contribution in [3.05, 3.63) is 191 Å². The minimum absolute atomic E-state index is 0. The topological polar surface area (TPSA) is 264 Å². The predicted molar refractivity (Wildman–Crippen MR) is 415 cm³/mol. The zero-order chi connectivity index (χ0) is 78.8. The maximum absolute atomic E-state index is 13.9. The molecule has 1 fully saturated rings. The number of aliphatic hydroxyl groups excluding tert-OH is 3. The van der Waals surface area contributed by atoms with Gasteiger partial charge in [0.05, 0.1) is 75.0 Å². The smallest absolute Gasteiger partial charge is 0.444 e. The van der Waals surface area contributed by atoms with E-state index in [1.165, 1.54) is 48.5 Å². The molecule has 0 aromatic heterocycles. The van der Waals surface area contributed by atoms with Gasteiger partial charge in [-0.2, -0.15) is 0 Å². The molecule has 7 rings (SSSR count). The third-order valence-electron chi connectivity index (χ3n) is 14.1. The van der Waals surface area contributed by atoms with Gasteiger partial charge in [-0.25, -0.2) is 35.9 Å². The molecule has 16 nitrogen and oxygen atoms in total. The quantitative estimate of drug-likeness (QED) is 0.0114. The zero-order valence-corrected chi connectivity index (χ0v) is 72.4. The van der Waals surface area contributed by atoms with Crippen molar-refractivity contribution in [2.45, 2.75) is 163 Å². The van der Waals surface area contributed by atoms with Crippen LogP contribution in [0.15, 0.2) is 99.2 Å². The van der Waals surface area contributed by atoms with Crippen molar-refractivity contribution in [2.75, 3.05) is 61.7 Å². The van der Waals surface area contributed by atoms with E-state index in [1.807, 2.05) is 6.07 Å². The van der Waals surface area contributed by atoms with Gasteiger partial charge in [0.15, 0.2) is 43.2 Å². The number of benzene rings is 6. The van der Waals surface area contributed by atoms with E-state index in [2.05, 4.69) is 122 Å². The summed E-state index contributed by atoms with van der Waals surface area (Å²) in [7, 11) is -2.59. The van der Waals surface area contributed by atoms with E-state index in [1.54, 1.807) is 71.9 Å². The molecule has 1 heterocycles. The molecule has 0 saturated carbocycles. The molecule has 2 amide bonds. The van der Waals surface area contributed by atoms with Crippen molar-refractivity contribution < 1.29 is 99.4 Å². The van der Waals surface area contributed by atoms with Crippen molar-refractivity contribution in [1.82, 2.24) is 0 Å². The fourth-order valence-electron chi connectivity index (χ4n) is 6.21. The molecule has 102 heavy (non-hydrogen) atoms. The summed E-state index contributed by atoms with van der Waals surface area (Å²) in [6, 6.07) is 21.4. The number of rotatable bonds is 12. The molecular formula is C69H94Br2Cl6F6N5NaO11Si2. The van der Waals surface area contributed by atoms with Crippen LogP contribution in [0.4, 0.5) is 58.7 Å². The molecule has 0 unspecified atom stereocenters. The number of amides is 2. The SMILES string of the molecule is C1CO1.CC(C)(C)OC(=O)Nc1c(CCO)ccc(Cl)c1F.CC(C)(C)OC(=O)Nc1cccc(Cl)c1F.CC(C)(C)[Si](C)(C)C.CC(C)(C)[Si](C)(C)OCCc1ccc(Cl)c(F)c1Br.Nc1c(CCO)ccc(Cl)c1F.Nc1cccc(Cl)c1F.O=N[O-].OCCc1ccc(Cl)c(F)c1Br.[Na+]. The van der Waals surface area contributed by atoms with E-state index in [0.717, 1.165) is 29.7 Å². The normalized spacial score (nSPS) is 11.4. The molecule has 568 valence electrons. The molecule has 1 aliphatic rings. The van der Waals surface area contributed by atoms with Gasteiger partial charge < -0.3 is 55.5 Å². The molecule has 0 spiro atoms. The van der Waals surface area contributed by atoms with Crippen LogP contribution in [-0.2, 0) is 44.3 Å².